The van der Waals surface area contributed by atoms with Crippen molar-refractivity contribution in [2.75, 3.05) is 62.7 Å². The Morgan fingerprint density at radius 1 is 0.857 bits per heavy atom. The van der Waals surface area contributed by atoms with Crippen molar-refractivity contribution in [3.8, 4) is 0 Å². The molecule has 49 heavy (non-hydrogen) atoms. The lowest BCUT2D eigenvalue weighted by Gasteiger charge is -2.40. The van der Waals surface area contributed by atoms with E-state index < -0.39 is 17.9 Å². The lowest BCUT2D eigenvalue weighted by molar-refractivity contribution is -0.131. The number of piperidine rings is 1. The van der Waals surface area contributed by atoms with Gasteiger partial charge in [0.2, 0.25) is 12.3 Å². The van der Waals surface area contributed by atoms with Gasteiger partial charge in [0.05, 0.1) is 0 Å². The fourth-order valence-electron chi connectivity index (χ4n) is 7.49. The predicted octanol–water partition coefficient (Wildman–Crippen LogP) is 3.79. The lowest BCUT2D eigenvalue weighted by Crippen LogP contribution is -2.49. The highest BCUT2D eigenvalue weighted by molar-refractivity contribution is 6.04. The number of nitrogens with one attached hydrogen (secondary N) is 2. The summed E-state index contributed by atoms with van der Waals surface area (Å²) in [5.41, 5.74) is 3.91. The minimum atomic E-state index is -1.05. The number of piperazine rings is 1. The number of likely N-dealkylation sites (N-methyl/N-ethyl adjacent to an activating group) is 1. The Labute approximate surface area is 290 Å². The summed E-state index contributed by atoms with van der Waals surface area (Å²) >= 11 is 0. The zero-order valence-corrected chi connectivity index (χ0v) is 29.1. The number of imide groups is 1. The van der Waals surface area contributed by atoms with E-state index in [9.17, 15) is 24.0 Å². The van der Waals surface area contributed by atoms with E-state index >= 15 is 0 Å². The fraction of sp³-hybridized carbons (Fsp3) is 0.553. The molecule has 2 saturated heterocycles. The lowest BCUT2D eigenvalue weighted by atomic mass is 9.95. The Kier molecular flexibility index (Phi) is 12.8. The monoisotopic (exact) mass is 672 g/mol. The van der Waals surface area contributed by atoms with Gasteiger partial charge in [-0.2, -0.15) is 0 Å². The summed E-state index contributed by atoms with van der Waals surface area (Å²) in [4.78, 5) is 69.9. The normalized spacial score (nSPS) is 18.4. The van der Waals surface area contributed by atoms with Gasteiger partial charge in [-0.3, -0.25) is 29.0 Å². The molecular weight excluding hydrogens is 620 g/mol. The molecule has 2 aromatic rings. The van der Waals surface area contributed by atoms with E-state index in [0.29, 0.717) is 35.8 Å². The minimum absolute atomic E-state index is 0.0384. The van der Waals surface area contributed by atoms with E-state index in [1.807, 2.05) is 37.3 Å². The maximum atomic E-state index is 13.5. The highest BCUT2D eigenvalue weighted by atomic mass is 16.2. The molecule has 3 fully saturated rings. The van der Waals surface area contributed by atoms with Crippen molar-refractivity contribution < 1.29 is 24.0 Å². The van der Waals surface area contributed by atoms with Gasteiger partial charge in [0.15, 0.2) is 0 Å². The van der Waals surface area contributed by atoms with Crippen LogP contribution < -0.4 is 20.4 Å². The van der Waals surface area contributed by atoms with Gasteiger partial charge < -0.3 is 25.2 Å². The van der Waals surface area contributed by atoms with E-state index in [1.54, 1.807) is 0 Å². The highest BCUT2D eigenvalue weighted by Crippen LogP contribution is 2.27. The van der Waals surface area contributed by atoms with Gasteiger partial charge >= 0.3 is 0 Å². The number of anilines is 2. The number of aldehydes is 1. The third kappa shape index (κ3) is 9.26. The summed E-state index contributed by atoms with van der Waals surface area (Å²) < 4.78 is 0. The zero-order valence-electron chi connectivity index (χ0n) is 29.1. The number of nitrogens with zero attached hydrogens (tertiary/aromatic N) is 4. The molecule has 1 unspecified atom stereocenters. The smallest absolute Gasteiger partial charge is 0.261 e. The molecule has 4 amide bonds. The van der Waals surface area contributed by atoms with Crippen LogP contribution in [0.3, 0.4) is 0 Å². The fourth-order valence-corrected chi connectivity index (χ4v) is 7.49. The topological polar surface area (TPSA) is 122 Å². The standard InChI is InChI=1S/C38H52N6O5/c1-28-10-13-33(25-34(28)38(49)44(27-46)35(9-6-24-45)37(48)39-2)43-22-20-41(21-23-43)26-29-16-18-42(19-17-29)32-14-11-30(12-15-32)36(47)40-31-7-4-3-5-8-31/h10-15,24-25,27,29,31,35H,3-9,16-23,26H2,1-2H3,(H,39,48)(H,40,47). The zero-order chi connectivity index (χ0) is 34.8. The first-order valence-corrected chi connectivity index (χ1v) is 18.0. The maximum Gasteiger partial charge on any atom is 0.261 e. The van der Waals surface area contributed by atoms with Crippen LogP contribution in [0.15, 0.2) is 42.5 Å². The second-order valence-electron chi connectivity index (χ2n) is 13.8. The molecule has 0 aromatic heterocycles. The molecule has 1 atom stereocenters. The second-order valence-corrected chi connectivity index (χ2v) is 13.8. The molecule has 2 heterocycles. The first-order valence-electron chi connectivity index (χ1n) is 18.0. The molecule has 11 heteroatoms. The van der Waals surface area contributed by atoms with Gasteiger partial charge in [0.25, 0.3) is 11.8 Å². The van der Waals surface area contributed by atoms with E-state index in [-0.39, 0.29) is 18.7 Å². The van der Waals surface area contributed by atoms with Crippen LogP contribution in [-0.2, 0) is 14.4 Å². The van der Waals surface area contributed by atoms with Gasteiger partial charge in [-0.05, 0) is 86.9 Å². The van der Waals surface area contributed by atoms with E-state index in [0.717, 1.165) is 87.6 Å². The van der Waals surface area contributed by atoms with Gasteiger partial charge in [0.1, 0.15) is 12.3 Å². The largest absolute Gasteiger partial charge is 0.372 e. The number of hydrogen-bond acceptors (Lipinski definition) is 8. The van der Waals surface area contributed by atoms with Gasteiger partial charge in [0, 0.05) is 87.8 Å². The van der Waals surface area contributed by atoms with Gasteiger partial charge in [-0.15, -0.1) is 0 Å². The molecule has 264 valence electrons. The third-order valence-electron chi connectivity index (χ3n) is 10.5. The number of hydrogen-bond donors (Lipinski definition) is 2. The van der Waals surface area contributed by atoms with Crippen LogP contribution in [0.1, 0.15) is 84.1 Å². The molecule has 0 spiro atoms. The Hall–Kier alpha value is -4.25. The van der Waals surface area contributed by atoms with Crippen LogP contribution in [-0.4, -0.2) is 105 Å². The van der Waals surface area contributed by atoms with Crippen LogP contribution in [0, 0.1) is 12.8 Å². The summed E-state index contributed by atoms with van der Waals surface area (Å²) in [5.74, 6) is -0.359. The predicted molar refractivity (Wildman–Crippen MR) is 191 cm³/mol. The van der Waals surface area contributed by atoms with Crippen molar-refractivity contribution in [1.82, 2.24) is 20.4 Å². The Balaban J connectivity index is 1.09. The van der Waals surface area contributed by atoms with Crippen molar-refractivity contribution in [2.24, 2.45) is 5.92 Å². The minimum Gasteiger partial charge on any atom is -0.372 e. The molecule has 3 aliphatic rings. The average molecular weight is 673 g/mol. The number of carbonyl (C=O) groups is 5. The second kappa shape index (κ2) is 17.4. The van der Waals surface area contributed by atoms with E-state index in [2.05, 4.69) is 37.5 Å². The first-order chi connectivity index (χ1) is 23.8. The highest BCUT2D eigenvalue weighted by Gasteiger charge is 2.31. The Morgan fingerprint density at radius 2 is 1.51 bits per heavy atom. The van der Waals surface area contributed by atoms with Crippen molar-refractivity contribution in [1.29, 1.82) is 0 Å². The average Bonchev–Trinajstić information content (AvgIpc) is 3.14. The van der Waals surface area contributed by atoms with Crippen LogP contribution >= 0.6 is 0 Å². The molecular formula is C38H52N6O5. The summed E-state index contributed by atoms with van der Waals surface area (Å²) in [6.45, 7) is 8.39. The molecule has 1 saturated carbocycles. The SMILES string of the molecule is CNC(=O)C(CCC=O)N(C=O)C(=O)c1cc(N2CCN(CC3CCN(c4ccc(C(=O)NC5CCCCC5)cc4)CC3)CC2)ccc1C. The number of benzene rings is 2. The van der Waals surface area contributed by atoms with Crippen LogP contribution in [0.2, 0.25) is 0 Å². The molecule has 0 radical (unpaired) electrons. The summed E-state index contributed by atoms with van der Waals surface area (Å²) in [6.07, 6.45) is 9.30. The van der Waals surface area contributed by atoms with Crippen molar-refractivity contribution in [2.45, 2.75) is 76.8 Å². The summed E-state index contributed by atoms with van der Waals surface area (Å²) in [7, 11) is 1.44. The quantitative estimate of drug-likeness (QED) is 0.309. The molecule has 1 aliphatic carbocycles. The number of carbonyl (C=O) groups excluding carboxylic acids is 5. The van der Waals surface area contributed by atoms with E-state index in [1.165, 1.54) is 32.0 Å². The molecule has 2 N–H and O–H groups in total. The van der Waals surface area contributed by atoms with E-state index in [4.69, 9.17) is 0 Å². The van der Waals surface area contributed by atoms with Crippen molar-refractivity contribution >= 4 is 41.8 Å². The first kappa shape index (κ1) is 36.0. The Bertz CT molecular complexity index is 1440. The summed E-state index contributed by atoms with van der Waals surface area (Å²) in [6, 6.07) is 13.1. The van der Waals surface area contributed by atoms with Crippen molar-refractivity contribution in [3.63, 3.8) is 0 Å². The Morgan fingerprint density at radius 3 is 2.14 bits per heavy atom. The van der Waals surface area contributed by atoms with Crippen LogP contribution in [0.5, 0.6) is 0 Å². The van der Waals surface area contributed by atoms with Crippen LogP contribution in [0.25, 0.3) is 0 Å². The number of rotatable bonds is 13. The van der Waals surface area contributed by atoms with Crippen molar-refractivity contribution in [3.05, 3.63) is 59.2 Å². The van der Waals surface area contributed by atoms with Crippen LogP contribution in [0.4, 0.5) is 11.4 Å². The molecule has 11 nitrogen and oxygen atoms in total. The molecule has 5 rings (SSSR count). The third-order valence-corrected chi connectivity index (χ3v) is 10.5. The van der Waals surface area contributed by atoms with Gasteiger partial charge in [-0.1, -0.05) is 25.3 Å². The molecule has 2 aliphatic heterocycles. The van der Waals surface area contributed by atoms with Gasteiger partial charge in [-0.25, -0.2) is 0 Å². The maximum absolute atomic E-state index is 13.5. The number of aryl methyl sites for hydroxylation is 1. The number of amides is 4. The summed E-state index contributed by atoms with van der Waals surface area (Å²) in [5, 5.41) is 5.71. The molecule has 2 aromatic carbocycles. The molecule has 0 bridgehead atoms.